The molecule has 1 fully saturated rings. The fraction of sp³-hybridized carbons (Fsp3) is 0.594. The molecule has 1 saturated heterocycles. The first-order valence-electron chi connectivity index (χ1n) is 13.4. The SMILES string of the molecule is CC(C)c1cc(C(C)C)c(-c2ccccc2P2C(C)(C)CCCC(=O)CC2(C)C)c(C(C)C)c1. The molecule has 3 rings (SSSR count). The van der Waals surface area contributed by atoms with Crippen molar-refractivity contribution in [2.45, 2.75) is 123 Å². The van der Waals surface area contributed by atoms with Gasteiger partial charge in [0, 0.05) is 12.8 Å². The molecule has 0 aromatic heterocycles. The van der Waals surface area contributed by atoms with Crippen LogP contribution in [0.25, 0.3) is 11.1 Å². The summed E-state index contributed by atoms with van der Waals surface area (Å²) in [5.41, 5.74) is 7.24. The zero-order chi connectivity index (χ0) is 25.4. The minimum absolute atomic E-state index is 0.0275. The van der Waals surface area contributed by atoms with Crippen molar-refractivity contribution in [3.63, 3.8) is 0 Å². The molecule has 1 nitrogen and oxygen atoms in total. The largest absolute Gasteiger partial charge is 0.300 e. The Morgan fingerprint density at radius 1 is 0.794 bits per heavy atom. The summed E-state index contributed by atoms with van der Waals surface area (Å²) in [5.74, 6) is 1.86. The molecule has 2 aromatic carbocycles. The summed E-state index contributed by atoms with van der Waals surface area (Å²) in [7, 11) is -0.572. The summed E-state index contributed by atoms with van der Waals surface area (Å²) in [4.78, 5) is 12.8. The van der Waals surface area contributed by atoms with Gasteiger partial charge in [-0.3, -0.25) is 4.79 Å². The van der Waals surface area contributed by atoms with E-state index in [4.69, 9.17) is 0 Å². The predicted octanol–water partition coefficient (Wildman–Crippen LogP) is 9.53. The molecule has 0 aliphatic carbocycles. The van der Waals surface area contributed by atoms with Gasteiger partial charge in [-0.05, 0) is 74.0 Å². The van der Waals surface area contributed by atoms with Gasteiger partial charge in [-0.2, -0.15) is 0 Å². The van der Waals surface area contributed by atoms with Crippen LogP contribution in [0, 0.1) is 0 Å². The average molecular weight is 479 g/mol. The zero-order valence-corrected chi connectivity index (χ0v) is 24.3. The molecule has 186 valence electrons. The van der Waals surface area contributed by atoms with Gasteiger partial charge in [-0.15, -0.1) is 0 Å². The third-order valence-electron chi connectivity index (χ3n) is 7.63. The van der Waals surface area contributed by atoms with Crippen molar-refractivity contribution in [2.75, 3.05) is 0 Å². The smallest absolute Gasteiger partial charge is 0.133 e. The summed E-state index contributed by atoms with van der Waals surface area (Å²) >= 11 is 0. The van der Waals surface area contributed by atoms with Crippen molar-refractivity contribution in [3.05, 3.63) is 53.1 Å². The zero-order valence-electron chi connectivity index (χ0n) is 23.4. The fourth-order valence-corrected chi connectivity index (χ4v) is 10.4. The van der Waals surface area contributed by atoms with Gasteiger partial charge in [-0.25, -0.2) is 0 Å². The number of hydrogen-bond acceptors (Lipinski definition) is 1. The number of carbonyl (C=O) groups is 1. The molecule has 1 aliphatic rings. The Morgan fingerprint density at radius 2 is 1.35 bits per heavy atom. The van der Waals surface area contributed by atoms with E-state index < -0.39 is 7.92 Å². The lowest BCUT2D eigenvalue weighted by atomic mass is 9.82. The molecule has 0 spiro atoms. The predicted molar refractivity (Wildman–Crippen MR) is 152 cm³/mol. The molecule has 34 heavy (non-hydrogen) atoms. The van der Waals surface area contributed by atoms with Gasteiger partial charge in [0.25, 0.3) is 0 Å². The second-order valence-corrected chi connectivity index (χ2v) is 16.2. The van der Waals surface area contributed by atoms with Crippen LogP contribution in [-0.2, 0) is 4.79 Å². The van der Waals surface area contributed by atoms with E-state index in [-0.39, 0.29) is 10.3 Å². The second kappa shape index (κ2) is 10.3. The molecule has 0 N–H and O–H groups in total. The van der Waals surface area contributed by atoms with Crippen molar-refractivity contribution in [1.29, 1.82) is 0 Å². The molecular weight excluding hydrogens is 431 g/mol. The molecule has 1 atom stereocenters. The molecule has 1 heterocycles. The summed E-state index contributed by atoms with van der Waals surface area (Å²) in [5, 5.41) is 1.65. The molecule has 2 aromatic rings. The van der Waals surface area contributed by atoms with Gasteiger partial charge in [-0.1, -0.05) is 114 Å². The standard InChI is InChI=1S/C32H47OP/c1-21(2)24-18-27(22(3)4)30(28(19-24)23(5)6)26-15-11-12-16-29(26)34-31(7,8)17-13-14-25(33)20-32(34,9)10/h11-12,15-16,18-19,21-23H,13-14,17,20H2,1-10H3. The van der Waals surface area contributed by atoms with Gasteiger partial charge in [0.1, 0.15) is 5.78 Å². The normalized spacial score (nSPS) is 20.6. The van der Waals surface area contributed by atoms with Gasteiger partial charge < -0.3 is 0 Å². The van der Waals surface area contributed by atoms with Crippen LogP contribution in [-0.4, -0.2) is 16.1 Å². The maximum absolute atomic E-state index is 12.8. The lowest BCUT2D eigenvalue weighted by Crippen LogP contribution is -2.39. The van der Waals surface area contributed by atoms with E-state index in [1.54, 1.807) is 0 Å². The van der Waals surface area contributed by atoms with Gasteiger partial charge in [0.15, 0.2) is 0 Å². The molecule has 2 heteroatoms. The van der Waals surface area contributed by atoms with Crippen molar-refractivity contribution < 1.29 is 4.79 Å². The number of ketones is 1. The van der Waals surface area contributed by atoms with Crippen LogP contribution < -0.4 is 5.30 Å². The van der Waals surface area contributed by atoms with Crippen molar-refractivity contribution in [1.82, 2.24) is 0 Å². The molecule has 0 saturated carbocycles. The van der Waals surface area contributed by atoms with E-state index in [2.05, 4.69) is 106 Å². The number of hydrogen-bond donors (Lipinski definition) is 0. The van der Waals surface area contributed by atoms with Crippen LogP contribution in [0.4, 0.5) is 0 Å². The minimum Gasteiger partial charge on any atom is -0.300 e. The van der Waals surface area contributed by atoms with E-state index in [1.807, 2.05) is 0 Å². The Bertz CT molecular complexity index is 996. The Labute approximate surface area is 210 Å². The first-order chi connectivity index (χ1) is 15.8. The lowest BCUT2D eigenvalue weighted by Gasteiger charge is -2.47. The Morgan fingerprint density at radius 3 is 1.88 bits per heavy atom. The van der Waals surface area contributed by atoms with E-state index in [0.717, 1.165) is 19.3 Å². The van der Waals surface area contributed by atoms with Crippen LogP contribution in [0.2, 0.25) is 0 Å². The highest BCUT2D eigenvalue weighted by Gasteiger charge is 2.44. The van der Waals surface area contributed by atoms with Gasteiger partial charge in [0.2, 0.25) is 0 Å². The van der Waals surface area contributed by atoms with Gasteiger partial charge in [0.05, 0.1) is 0 Å². The van der Waals surface area contributed by atoms with E-state index in [9.17, 15) is 4.79 Å². The van der Waals surface area contributed by atoms with Crippen LogP contribution in [0.15, 0.2) is 36.4 Å². The first-order valence-corrected chi connectivity index (χ1v) is 14.7. The summed E-state index contributed by atoms with van der Waals surface area (Å²) < 4.78 is 0. The van der Waals surface area contributed by atoms with E-state index in [0.29, 0.717) is 30.0 Å². The third kappa shape index (κ3) is 5.51. The maximum atomic E-state index is 12.8. The Balaban J connectivity index is 2.36. The van der Waals surface area contributed by atoms with Crippen LogP contribution in [0.5, 0.6) is 0 Å². The fourth-order valence-electron chi connectivity index (χ4n) is 6.10. The summed E-state index contributed by atoms with van der Waals surface area (Å²) in [6.45, 7) is 23.6. The highest BCUT2D eigenvalue weighted by atomic mass is 31.1. The van der Waals surface area contributed by atoms with Crippen LogP contribution >= 0.6 is 7.92 Å². The van der Waals surface area contributed by atoms with E-state index in [1.165, 1.54) is 33.1 Å². The van der Waals surface area contributed by atoms with Crippen LogP contribution in [0.3, 0.4) is 0 Å². The van der Waals surface area contributed by atoms with Crippen molar-refractivity contribution in [2.24, 2.45) is 0 Å². The Hall–Kier alpha value is -1.46. The van der Waals surface area contributed by atoms with Crippen molar-refractivity contribution >= 4 is 19.0 Å². The molecular formula is C32H47OP. The monoisotopic (exact) mass is 478 g/mol. The molecule has 0 radical (unpaired) electrons. The number of rotatable bonds is 5. The number of Topliss-reactive ketones (excluding diaryl/α,β-unsaturated/α-hetero) is 1. The van der Waals surface area contributed by atoms with Crippen LogP contribution in [0.1, 0.15) is 129 Å². The summed E-state index contributed by atoms with van der Waals surface area (Å²) in [6, 6.07) is 14.1. The van der Waals surface area contributed by atoms with E-state index >= 15 is 0 Å². The van der Waals surface area contributed by atoms with Crippen molar-refractivity contribution in [3.8, 4) is 11.1 Å². The maximum Gasteiger partial charge on any atom is 0.133 e. The number of benzene rings is 2. The molecule has 1 aliphatic heterocycles. The molecule has 0 bridgehead atoms. The molecule has 1 unspecified atom stereocenters. The summed E-state index contributed by atoms with van der Waals surface area (Å²) in [6.07, 6.45) is 3.56. The highest BCUT2D eigenvalue weighted by molar-refractivity contribution is 7.69. The number of carbonyl (C=O) groups excluding carboxylic acids is 1. The topological polar surface area (TPSA) is 17.1 Å². The first kappa shape index (κ1) is 27.1. The Kier molecular flexibility index (Phi) is 8.19. The second-order valence-electron chi connectivity index (χ2n) is 12.6. The quantitative estimate of drug-likeness (QED) is 0.391. The molecule has 0 amide bonds. The highest BCUT2D eigenvalue weighted by Crippen LogP contribution is 2.63. The average Bonchev–Trinajstić information content (AvgIpc) is 2.71. The minimum atomic E-state index is -0.572. The third-order valence-corrected chi connectivity index (χ3v) is 11.3. The lowest BCUT2D eigenvalue weighted by molar-refractivity contribution is -0.119. The van der Waals surface area contributed by atoms with Gasteiger partial charge >= 0.3 is 0 Å².